The Kier molecular flexibility index (Phi) is 6.35. The van der Waals surface area contributed by atoms with Gasteiger partial charge in [0.15, 0.2) is 5.11 Å². The lowest BCUT2D eigenvalue weighted by Gasteiger charge is -2.58. The number of thiophene rings is 1. The molecule has 5 aliphatic rings. The predicted molar refractivity (Wildman–Crippen MR) is 146 cm³/mol. The smallest absolute Gasteiger partial charge is 0.341 e. The van der Waals surface area contributed by atoms with Crippen molar-refractivity contribution >= 4 is 39.6 Å². The van der Waals surface area contributed by atoms with E-state index in [-0.39, 0.29) is 5.97 Å². The first-order valence-electron chi connectivity index (χ1n) is 13.1. The number of piperazine rings is 1. The van der Waals surface area contributed by atoms with Crippen molar-refractivity contribution in [3.8, 4) is 11.1 Å². The molecule has 5 fully saturated rings. The number of benzene rings is 1. The summed E-state index contributed by atoms with van der Waals surface area (Å²) in [6.45, 7) is 6.10. The minimum absolute atomic E-state index is 0.329. The van der Waals surface area contributed by atoms with E-state index in [2.05, 4.69) is 22.0 Å². The van der Waals surface area contributed by atoms with Crippen molar-refractivity contribution in [3.63, 3.8) is 0 Å². The van der Waals surface area contributed by atoms with Crippen LogP contribution in [0.5, 0.6) is 0 Å². The molecule has 7 heteroatoms. The maximum absolute atomic E-state index is 12.8. The molecular formula is C28H35N3O2S2. The quantitative estimate of drug-likeness (QED) is 0.425. The van der Waals surface area contributed by atoms with Gasteiger partial charge in [0.25, 0.3) is 0 Å². The Morgan fingerprint density at radius 3 is 2.23 bits per heavy atom. The fourth-order valence-corrected chi connectivity index (χ4v) is 9.19. The molecule has 1 aliphatic heterocycles. The number of rotatable bonds is 4. The molecule has 5 nitrogen and oxygen atoms in total. The van der Waals surface area contributed by atoms with E-state index in [1.165, 1.54) is 39.2 Å². The minimum Gasteiger partial charge on any atom is -0.465 e. The highest BCUT2D eigenvalue weighted by molar-refractivity contribution is 7.80. The maximum Gasteiger partial charge on any atom is 0.341 e. The molecule has 0 amide bonds. The number of esters is 1. The van der Waals surface area contributed by atoms with E-state index in [0.717, 1.165) is 76.9 Å². The lowest BCUT2D eigenvalue weighted by atomic mass is 9.54. The summed E-state index contributed by atoms with van der Waals surface area (Å²) in [6.07, 6.45) is 7.38. The van der Waals surface area contributed by atoms with Gasteiger partial charge in [0, 0.05) is 42.7 Å². The average Bonchev–Trinajstić information content (AvgIpc) is 3.19. The normalized spacial score (nSPS) is 29.9. The van der Waals surface area contributed by atoms with E-state index in [9.17, 15) is 4.79 Å². The van der Waals surface area contributed by atoms with Crippen LogP contribution in [-0.2, 0) is 4.74 Å². The number of carbonyl (C=O) groups excluding carboxylic acids is 1. The highest BCUT2D eigenvalue weighted by atomic mass is 32.1. The first-order chi connectivity index (χ1) is 17.0. The molecule has 35 heavy (non-hydrogen) atoms. The third-order valence-electron chi connectivity index (χ3n) is 8.96. The third kappa shape index (κ3) is 4.30. The van der Waals surface area contributed by atoms with E-state index >= 15 is 0 Å². The van der Waals surface area contributed by atoms with Gasteiger partial charge >= 0.3 is 5.97 Å². The summed E-state index contributed by atoms with van der Waals surface area (Å²) in [7, 11) is 1.44. The van der Waals surface area contributed by atoms with Gasteiger partial charge in [-0.05, 0) is 80.5 Å². The molecule has 0 spiro atoms. The maximum atomic E-state index is 12.8. The van der Waals surface area contributed by atoms with Crippen molar-refractivity contribution in [1.82, 2.24) is 9.80 Å². The van der Waals surface area contributed by atoms with Crippen molar-refractivity contribution in [2.24, 2.45) is 23.7 Å². The SMILES string of the molecule is COC(=O)c1c(NC(=S)N2CCN(C3C4CC5CC(C4)CC3C5)CC2)sc(C)c1-c1ccccc1. The van der Waals surface area contributed by atoms with Crippen molar-refractivity contribution < 1.29 is 9.53 Å². The number of thiocarbonyl (C=S) groups is 1. The van der Waals surface area contributed by atoms with Crippen molar-refractivity contribution in [1.29, 1.82) is 0 Å². The number of anilines is 1. The molecule has 4 saturated carbocycles. The van der Waals surface area contributed by atoms with Crippen LogP contribution in [0.25, 0.3) is 11.1 Å². The molecule has 7 rings (SSSR count). The molecule has 0 radical (unpaired) electrons. The van der Waals surface area contributed by atoms with E-state index in [1.54, 1.807) is 11.3 Å². The summed E-state index contributed by atoms with van der Waals surface area (Å²) in [5, 5.41) is 4.92. The first-order valence-corrected chi connectivity index (χ1v) is 14.3. The number of nitrogens with zero attached hydrogens (tertiary/aromatic N) is 2. The molecular weight excluding hydrogens is 474 g/mol. The van der Waals surface area contributed by atoms with Crippen LogP contribution >= 0.6 is 23.6 Å². The fourth-order valence-electron chi connectivity index (χ4n) is 7.77. The number of carbonyl (C=O) groups is 1. The Balaban J connectivity index is 1.14. The van der Waals surface area contributed by atoms with Gasteiger partial charge in [0.1, 0.15) is 10.6 Å². The van der Waals surface area contributed by atoms with E-state index in [4.69, 9.17) is 17.0 Å². The topological polar surface area (TPSA) is 44.8 Å². The Labute approximate surface area is 217 Å². The van der Waals surface area contributed by atoms with Crippen LogP contribution in [0.1, 0.15) is 47.3 Å². The zero-order valence-electron chi connectivity index (χ0n) is 20.7. The van der Waals surface area contributed by atoms with Crippen LogP contribution in [0.4, 0.5) is 5.00 Å². The average molecular weight is 510 g/mol. The largest absolute Gasteiger partial charge is 0.465 e. The zero-order valence-corrected chi connectivity index (χ0v) is 22.3. The van der Waals surface area contributed by atoms with Gasteiger partial charge in [-0.2, -0.15) is 0 Å². The number of ether oxygens (including phenoxy) is 1. The molecule has 0 unspecified atom stereocenters. The van der Waals surface area contributed by atoms with Crippen LogP contribution in [0.2, 0.25) is 0 Å². The van der Waals surface area contributed by atoms with Gasteiger partial charge in [-0.3, -0.25) is 4.90 Å². The standard InChI is InChI=1S/C28H35N3O2S2/c1-17-23(20-6-4-3-5-7-20)24(27(32)33-2)26(35-17)29-28(34)31-10-8-30(9-11-31)25-21-13-18-12-19(15-21)16-22(25)14-18/h3-7,18-19,21-22,25H,8-16H2,1-2H3,(H,29,34). The second-order valence-corrected chi connectivity index (χ2v) is 12.6. The zero-order chi connectivity index (χ0) is 24.1. The molecule has 1 aromatic heterocycles. The highest BCUT2D eigenvalue weighted by Crippen LogP contribution is 2.55. The second kappa shape index (κ2) is 9.49. The monoisotopic (exact) mass is 509 g/mol. The summed E-state index contributed by atoms with van der Waals surface area (Å²) >= 11 is 7.43. The molecule has 186 valence electrons. The number of nitrogens with one attached hydrogen (secondary N) is 1. The Hall–Kier alpha value is -1.96. The van der Waals surface area contributed by atoms with Gasteiger partial charge in [0.2, 0.25) is 0 Å². The summed E-state index contributed by atoms with van der Waals surface area (Å²) in [5.41, 5.74) is 2.53. The number of hydrogen-bond donors (Lipinski definition) is 1. The van der Waals surface area contributed by atoms with Gasteiger partial charge in [-0.15, -0.1) is 11.3 Å². The van der Waals surface area contributed by atoms with Crippen molar-refractivity contribution in [3.05, 3.63) is 40.8 Å². The summed E-state index contributed by atoms with van der Waals surface area (Å²) in [4.78, 5) is 19.0. The molecule has 2 aromatic rings. The van der Waals surface area contributed by atoms with Crippen LogP contribution in [0, 0.1) is 30.6 Å². The van der Waals surface area contributed by atoms with Crippen LogP contribution in [0.3, 0.4) is 0 Å². The molecule has 4 bridgehead atoms. The number of aryl methyl sites for hydroxylation is 1. The van der Waals surface area contributed by atoms with Gasteiger partial charge < -0.3 is 15.0 Å². The lowest BCUT2D eigenvalue weighted by molar-refractivity contribution is -0.0726. The second-order valence-electron chi connectivity index (χ2n) is 11.0. The molecule has 1 saturated heterocycles. The molecule has 0 atom stereocenters. The lowest BCUT2D eigenvalue weighted by Crippen LogP contribution is -2.60. The number of methoxy groups -OCH3 is 1. The van der Waals surface area contributed by atoms with Crippen LogP contribution in [0.15, 0.2) is 30.3 Å². The van der Waals surface area contributed by atoms with Gasteiger partial charge in [-0.1, -0.05) is 30.3 Å². The molecule has 2 heterocycles. The Morgan fingerprint density at radius 2 is 1.63 bits per heavy atom. The van der Waals surface area contributed by atoms with E-state index < -0.39 is 0 Å². The third-order valence-corrected chi connectivity index (χ3v) is 10.3. The highest BCUT2D eigenvalue weighted by Gasteiger charge is 2.50. The van der Waals surface area contributed by atoms with Gasteiger partial charge in [-0.25, -0.2) is 4.79 Å². The Morgan fingerprint density at radius 1 is 1.00 bits per heavy atom. The fraction of sp³-hybridized carbons (Fsp3) is 0.571. The van der Waals surface area contributed by atoms with Gasteiger partial charge in [0.05, 0.1) is 7.11 Å². The van der Waals surface area contributed by atoms with Crippen molar-refractivity contribution in [2.75, 3.05) is 38.6 Å². The van der Waals surface area contributed by atoms with Crippen molar-refractivity contribution in [2.45, 2.75) is 45.1 Å². The summed E-state index contributed by atoms with van der Waals surface area (Å²) in [5.74, 6) is 3.56. The van der Waals surface area contributed by atoms with Crippen LogP contribution < -0.4 is 5.32 Å². The summed E-state index contributed by atoms with van der Waals surface area (Å²) in [6, 6.07) is 10.8. The molecule has 1 aromatic carbocycles. The first kappa shape index (κ1) is 23.4. The molecule has 4 aliphatic carbocycles. The Bertz CT molecular complexity index is 1080. The summed E-state index contributed by atoms with van der Waals surface area (Å²) < 4.78 is 5.17. The van der Waals surface area contributed by atoms with E-state index in [0.29, 0.717) is 10.7 Å². The van der Waals surface area contributed by atoms with Crippen LogP contribution in [-0.4, -0.2) is 60.2 Å². The van der Waals surface area contributed by atoms with E-state index in [1.807, 2.05) is 30.3 Å². The number of hydrogen-bond acceptors (Lipinski definition) is 5. The minimum atomic E-state index is -0.329. The predicted octanol–water partition coefficient (Wildman–Crippen LogP) is 5.65. The molecule has 1 N–H and O–H groups in total.